The van der Waals surface area contributed by atoms with E-state index < -0.39 is 0 Å². The second-order valence-corrected chi connectivity index (χ2v) is 18.3. The first-order valence-electron chi connectivity index (χ1n) is 22.7. The van der Waals surface area contributed by atoms with Crippen molar-refractivity contribution in [3.8, 4) is 11.1 Å². The topological polar surface area (TPSA) is 22.9 Å². The molecule has 12 rings (SSSR count). The number of anilines is 9. The maximum absolute atomic E-state index is 6.57. The molecule has 0 amide bonds. The minimum Gasteiger partial charge on any atom is -0.456 e. The number of hydrogen-bond acceptors (Lipinski definition) is 4. The molecule has 0 radical (unpaired) electrons. The Hall–Kier alpha value is -7.76. The van der Waals surface area contributed by atoms with Crippen LogP contribution in [0.15, 0.2) is 186 Å². The molecule has 0 saturated heterocycles. The van der Waals surface area contributed by atoms with Gasteiger partial charge in [-0.05, 0) is 154 Å². The Balaban J connectivity index is 1.21. The van der Waals surface area contributed by atoms with Gasteiger partial charge in [0.15, 0.2) is 0 Å². The first-order chi connectivity index (χ1) is 31.7. The van der Waals surface area contributed by atoms with E-state index in [0.717, 1.165) is 61.6 Å². The van der Waals surface area contributed by atoms with Crippen molar-refractivity contribution >= 4 is 96.2 Å². The Morgan fingerprint density at radius 2 is 0.938 bits per heavy atom. The maximum Gasteiger partial charge on any atom is 0.252 e. The summed E-state index contributed by atoms with van der Waals surface area (Å²) in [5, 5.41) is 2.26. The van der Waals surface area contributed by atoms with Crippen LogP contribution in [0.5, 0.6) is 0 Å². The van der Waals surface area contributed by atoms with Crippen molar-refractivity contribution in [3.05, 3.63) is 215 Å². The van der Waals surface area contributed by atoms with Crippen LogP contribution in [0.25, 0.3) is 33.1 Å². The van der Waals surface area contributed by atoms with Crippen LogP contribution in [-0.2, 0) is 0 Å². The van der Waals surface area contributed by atoms with Crippen molar-refractivity contribution in [1.82, 2.24) is 0 Å². The van der Waals surface area contributed by atoms with Crippen LogP contribution in [-0.4, -0.2) is 6.71 Å². The molecule has 0 fully saturated rings. The zero-order chi connectivity index (χ0) is 44.1. The summed E-state index contributed by atoms with van der Waals surface area (Å²) in [6.45, 7) is 13.1. The van der Waals surface area contributed by atoms with Gasteiger partial charge in [-0.3, -0.25) is 0 Å². The Bertz CT molecular complexity index is 3450. The molecule has 0 atom stereocenters. The molecular weight excluding hydrogens is 789 g/mol. The van der Waals surface area contributed by atoms with E-state index >= 15 is 0 Å². The van der Waals surface area contributed by atoms with Gasteiger partial charge >= 0.3 is 0 Å². The van der Waals surface area contributed by atoms with Gasteiger partial charge in [-0.1, -0.05) is 124 Å². The Kier molecular flexibility index (Phi) is 8.93. The highest BCUT2D eigenvalue weighted by Gasteiger charge is 2.45. The van der Waals surface area contributed by atoms with Gasteiger partial charge in [-0.2, -0.15) is 0 Å². The predicted octanol–water partition coefficient (Wildman–Crippen LogP) is 14.7. The first kappa shape index (κ1) is 38.9. The van der Waals surface area contributed by atoms with E-state index in [1.165, 1.54) is 72.4 Å². The van der Waals surface area contributed by atoms with Crippen molar-refractivity contribution < 1.29 is 4.42 Å². The fourth-order valence-electron chi connectivity index (χ4n) is 10.4. The summed E-state index contributed by atoms with van der Waals surface area (Å²) < 4.78 is 6.57. The lowest BCUT2D eigenvalue weighted by Crippen LogP contribution is -2.61. The molecule has 9 aromatic carbocycles. The fraction of sp³-hybridized carbons (Fsp3) is 0.100. The SMILES string of the molecule is Cc1ccc(N(c2ccc(C)cc2)c2cc3c4c(c2)N(c2ccc(C)cc2)c2c(cc(C)cc2-c2ccc5c(c2)oc2ccccc25)B4c2cc(C)ccc2N3c2ccc(C)cc2)cc1. The molecule has 1 aromatic heterocycles. The molecule has 0 bridgehead atoms. The molecule has 0 saturated carbocycles. The highest BCUT2D eigenvalue weighted by atomic mass is 16.3. The molecule has 2 aliphatic rings. The lowest BCUT2D eigenvalue weighted by Gasteiger charge is -2.45. The van der Waals surface area contributed by atoms with E-state index in [1.54, 1.807) is 0 Å². The molecule has 5 heteroatoms. The Morgan fingerprint density at radius 3 is 1.58 bits per heavy atom. The summed E-state index contributed by atoms with van der Waals surface area (Å²) in [6, 6.07) is 67.9. The third-order valence-electron chi connectivity index (χ3n) is 13.6. The van der Waals surface area contributed by atoms with Crippen molar-refractivity contribution in [2.24, 2.45) is 0 Å². The summed E-state index contributed by atoms with van der Waals surface area (Å²) in [5.74, 6) is 0. The summed E-state index contributed by atoms with van der Waals surface area (Å²) in [7, 11) is 0. The van der Waals surface area contributed by atoms with E-state index in [0.29, 0.717) is 0 Å². The van der Waals surface area contributed by atoms with Gasteiger partial charge in [0.25, 0.3) is 6.71 Å². The lowest BCUT2D eigenvalue weighted by molar-refractivity contribution is 0.669. The van der Waals surface area contributed by atoms with E-state index in [9.17, 15) is 0 Å². The maximum atomic E-state index is 6.57. The summed E-state index contributed by atoms with van der Waals surface area (Å²) in [5.41, 5.74) is 25.6. The normalized spacial score (nSPS) is 12.7. The van der Waals surface area contributed by atoms with Gasteiger partial charge in [0.1, 0.15) is 11.2 Å². The molecule has 0 spiro atoms. The molecule has 65 heavy (non-hydrogen) atoms. The Morgan fingerprint density at radius 1 is 0.400 bits per heavy atom. The van der Waals surface area contributed by atoms with Gasteiger partial charge in [0, 0.05) is 61.8 Å². The number of furan rings is 1. The van der Waals surface area contributed by atoms with Gasteiger partial charge < -0.3 is 19.1 Å². The number of aryl methyl sites for hydroxylation is 6. The second-order valence-electron chi connectivity index (χ2n) is 18.3. The van der Waals surface area contributed by atoms with Crippen LogP contribution >= 0.6 is 0 Å². The largest absolute Gasteiger partial charge is 0.456 e. The summed E-state index contributed by atoms with van der Waals surface area (Å²) in [6.07, 6.45) is 0. The molecule has 0 unspecified atom stereocenters. The van der Waals surface area contributed by atoms with Gasteiger partial charge in [-0.15, -0.1) is 0 Å². The fourth-order valence-corrected chi connectivity index (χ4v) is 10.4. The van der Waals surface area contributed by atoms with Crippen LogP contribution in [0.2, 0.25) is 0 Å². The van der Waals surface area contributed by atoms with Crippen molar-refractivity contribution in [2.75, 3.05) is 14.7 Å². The first-order valence-corrected chi connectivity index (χ1v) is 22.7. The third-order valence-corrected chi connectivity index (χ3v) is 13.6. The van der Waals surface area contributed by atoms with Crippen LogP contribution in [0.1, 0.15) is 33.4 Å². The van der Waals surface area contributed by atoms with E-state index in [1.807, 2.05) is 6.07 Å². The molecule has 0 aliphatic carbocycles. The van der Waals surface area contributed by atoms with Gasteiger partial charge in [-0.25, -0.2) is 0 Å². The smallest absolute Gasteiger partial charge is 0.252 e. The standard InChI is InChI=1S/C60H48BN3O/c1-37-11-21-44(22-12-37)62(45-23-13-38(2)14-24-45)48-35-55-59-56(36-48)64(47-27-17-40(4)18-28-47)60-51(43-20-29-50-49-9-7-8-10-57(49)65-58(50)34-43)31-42(6)33-53(60)61(59)52-32-41(5)19-30-54(52)63(55)46-25-15-39(3)16-26-46/h7-36H,1-6H3. The molecule has 10 aromatic rings. The monoisotopic (exact) mass is 837 g/mol. The van der Waals surface area contributed by atoms with Crippen molar-refractivity contribution in [1.29, 1.82) is 0 Å². The lowest BCUT2D eigenvalue weighted by atomic mass is 9.33. The molecule has 3 heterocycles. The van der Waals surface area contributed by atoms with Crippen LogP contribution in [0.4, 0.5) is 51.2 Å². The van der Waals surface area contributed by atoms with Gasteiger partial charge in [0.05, 0.1) is 5.69 Å². The van der Waals surface area contributed by atoms with Crippen LogP contribution in [0, 0.1) is 41.5 Å². The molecule has 312 valence electrons. The Labute approximate surface area is 381 Å². The van der Waals surface area contributed by atoms with Gasteiger partial charge in [0.2, 0.25) is 0 Å². The summed E-state index contributed by atoms with van der Waals surface area (Å²) in [4.78, 5) is 7.50. The third kappa shape index (κ3) is 6.37. The van der Waals surface area contributed by atoms with Crippen molar-refractivity contribution in [3.63, 3.8) is 0 Å². The average molecular weight is 838 g/mol. The molecule has 2 aliphatic heterocycles. The number of hydrogen-bond donors (Lipinski definition) is 0. The zero-order valence-corrected chi connectivity index (χ0v) is 37.6. The highest BCUT2D eigenvalue weighted by Crippen LogP contribution is 2.50. The summed E-state index contributed by atoms with van der Waals surface area (Å²) >= 11 is 0. The number of benzene rings is 9. The molecule has 0 N–H and O–H groups in total. The van der Waals surface area contributed by atoms with E-state index in [2.05, 4.69) is 232 Å². The molecular formula is C60H48BN3O. The van der Waals surface area contributed by atoms with E-state index in [4.69, 9.17) is 4.42 Å². The zero-order valence-electron chi connectivity index (χ0n) is 37.6. The van der Waals surface area contributed by atoms with Crippen LogP contribution < -0.4 is 31.1 Å². The molecule has 4 nitrogen and oxygen atoms in total. The van der Waals surface area contributed by atoms with Crippen molar-refractivity contribution in [2.45, 2.75) is 41.5 Å². The number of para-hydroxylation sites is 1. The quantitative estimate of drug-likeness (QED) is 0.156. The van der Waals surface area contributed by atoms with E-state index in [-0.39, 0.29) is 6.71 Å². The predicted molar refractivity (Wildman–Crippen MR) is 276 cm³/mol. The number of rotatable bonds is 6. The minimum absolute atomic E-state index is 0.0527. The number of nitrogens with zero attached hydrogens (tertiary/aromatic N) is 3. The minimum atomic E-state index is -0.0527. The van der Waals surface area contributed by atoms with Crippen LogP contribution in [0.3, 0.4) is 0 Å². The highest BCUT2D eigenvalue weighted by molar-refractivity contribution is 7.00. The average Bonchev–Trinajstić information content (AvgIpc) is 3.69. The second kappa shape index (κ2) is 14.9. The number of fused-ring (bicyclic) bond motifs is 7.